The maximum Gasteiger partial charge on any atom is 0.262 e. The van der Waals surface area contributed by atoms with Crippen LogP contribution in [0.3, 0.4) is 0 Å². The van der Waals surface area contributed by atoms with Crippen molar-refractivity contribution in [2.45, 2.75) is 31.3 Å². The molecule has 6 nitrogen and oxygen atoms in total. The Morgan fingerprint density at radius 3 is 1.94 bits per heavy atom. The highest BCUT2D eigenvalue weighted by molar-refractivity contribution is 7.99. The summed E-state index contributed by atoms with van der Waals surface area (Å²) in [5, 5.41) is 9.52. The first-order valence-corrected chi connectivity index (χ1v) is 12.0. The Balaban J connectivity index is 1.47. The first-order valence-electron chi connectivity index (χ1n) is 11.0. The average molecular weight is 469 g/mol. The molecule has 1 aromatic heterocycles. The molecular weight excluding hydrogens is 444 g/mol. The quantitative estimate of drug-likeness (QED) is 0.283. The maximum atomic E-state index is 12.8. The van der Waals surface area contributed by atoms with Crippen LogP contribution in [0.25, 0.3) is 17.1 Å². The molecule has 0 fully saturated rings. The second-order valence-corrected chi connectivity index (χ2v) is 10.1. The fraction of sp³-hybridized carbons (Fsp3) is 0.185. The molecule has 2 amide bonds. The van der Waals surface area contributed by atoms with E-state index in [1.54, 1.807) is 24.3 Å². The van der Waals surface area contributed by atoms with Crippen LogP contribution in [-0.4, -0.2) is 37.4 Å². The molecule has 0 aliphatic carbocycles. The first-order chi connectivity index (χ1) is 16.3. The maximum absolute atomic E-state index is 12.8. The number of carbonyl (C=O) groups excluding carboxylic acids is 2. The number of hydrogen-bond donors (Lipinski definition) is 0. The highest BCUT2D eigenvalue weighted by Gasteiger charge is 2.35. The number of imide groups is 1. The lowest BCUT2D eigenvalue weighted by Gasteiger charge is -2.19. The molecule has 0 N–H and O–H groups in total. The molecule has 0 bridgehead atoms. The number of fused-ring (bicyclic) bond motifs is 1. The third-order valence-electron chi connectivity index (χ3n) is 5.86. The standard InChI is InChI=1S/C27H24N4O2S/c1-27(2,3)19-15-13-18(14-16-19)23-28-29-26(31(23)20-9-5-4-6-10-20)34-17-30-24(32)21-11-7-8-12-22(21)25(30)33/h4-16H,17H2,1-3H3. The third kappa shape index (κ3) is 3.92. The van der Waals surface area contributed by atoms with Crippen molar-refractivity contribution in [3.05, 3.63) is 95.6 Å². The van der Waals surface area contributed by atoms with Crippen molar-refractivity contribution in [3.8, 4) is 17.1 Å². The van der Waals surface area contributed by atoms with Crippen LogP contribution < -0.4 is 0 Å². The minimum atomic E-state index is -0.281. The molecule has 170 valence electrons. The molecule has 34 heavy (non-hydrogen) atoms. The van der Waals surface area contributed by atoms with Crippen molar-refractivity contribution < 1.29 is 9.59 Å². The summed E-state index contributed by atoms with van der Waals surface area (Å²) in [6, 6.07) is 25.1. The molecule has 0 spiro atoms. The zero-order valence-corrected chi connectivity index (χ0v) is 20.0. The molecule has 0 saturated heterocycles. The summed E-state index contributed by atoms with van der Waals surface area (Å²) in [6.45, 7) is 6.55. The van der Waals surface area contributed by atoms with Gasteiger partial charge in [0.25, 0.3) is 11.8 Å². The summed E-state index contributed by atoms with van der Waals surface area (Å²) in [5.74, 6) is 0.297. The van der Waals surface area contributed by atoms with Crippen molar-refractivity contribution in [2.24, 2.45) is 0 Å². The van der Waals surface area contributed by atoms with E-state index >= 15 is 0 Å². The van der Waals surface area contributed by atoms with Crippen molar-refractivity contribution >= 4 is 23.6 Å². The molecular formula is C27H24N4O2S. The summed E-state index contributed by atoms with van der Waals surface area (Å²) in [5.41, 5.74) is 4.03. The summed E-state index contributed by atoms with van der Waals surface area (Å²) in [4.78, 5) is 26.8. The molecule has 3 aromatic carbocycles. The third-order valence-corrected chi connectivity index (χ3v) is 6.77. The number of thioether (sulfide) groups is 1. The monoisotopic (exact) mass is 468 g/mol. The molecule has 4 aromatic rings. The predicted octanol–water partition coefficient (Wildman–Crippen LogP) is 5.58. The van der Waals surface area contributed by atoms with Crippen LogP contribution in [0.1, 0.15) is 47.1 Å². The van der Waals surface area contributed by atoms with E-state index in [-0.39, 0.29) is 23.1 Å². The van der Waals surface area contributed by atoms with Gasteiger partial charge >= 0.3 is 0 Å². The number of amides is 2. The van der Waals surface area contributed by atoms with Gasteiger partial charge in [-0.2, -0.15) is 0 Å². The molecule has 0 unspecified atom stereocenters. The molecule has 0 saturated carbocycles. The Labute approximate surface area is 202 Å². The minimum absolute atomic E-state index is 0.0546. The Bertz CT molecular complexity index is 1340. The summed E-state index contributed by atoms with van der Waals surface area (Å²) in [6.07, 6.45) is 0. The SMILES string of the molecule is CC(C)(C)c1ccc(-c2nnc(SCN3C(=O)c4ccccc4C3=O)n2-c2ccccc2)cc1. The summed E-state index contributed by atoms with van der Waals surface area (Å²) >= 11 is 1.31. The normalized spacial score (nSPS) is 13.4. The van der Waals surface area contributed by atoms with Gasteiger partial charge in [-0.15, -0.1) is 10.2 Å². The van der Waals surface area contributed by atoms with E-state index in [2.05, 4.69) is 55.2 Å². The minimum Gasteiger partial charge on any atom is -0.270 e. The number of nitrogens with zero attached hydrogens (tertiary/aromatic N) is 4. The van der Waals surface area contributed by atoms with E-state index in [4.69, 9.17) is 0 Å². The smallest absolute Gasteiger partial charge is 0.262 e. The lowest BCUT2D eigenvalue weighted by Crippen LogP contribution is -2.29. The number of para-hydroxylation sites is 1. The Morgan fingerprint density at radius 1 is 0.765 bits per heavy atom. The van der Waals surface area contributed by atoms with Crippen LogP contribution in [0.5, 0.6) is 0 Å². The summed E-state index contributed by atoms with van der Waals surface area (Å²) < 4.78 is 1.97. The molecule has 1 aliphatic heterocycles. The van der Waals surface area contributed by atoms with Gasteiger partial charge in [-0.25, -0.2) is 0 Å². The van der Waals surface area contributed by atoms with E-state index in [0.717, 1.165) is 11.3 Å². The highest BCUT2D eigenvalue weighted by atomic mass is 32.2. The lowest BCUT2D eigenvalue weighted by molar-refractivity contribution is 0.0684. The van der Waals surface area contributed by atoms with Gasteiger partial charge in [-0.05, 0) is 35.2 Å². The number of rotatable bonds is 5. The first kappa shape index (κ1) is 22.1. The molecule has 0 radical (unpaired) electrons. The van der Waals surface area contributed by atoms with E-state index < -0.39 is 0 Å². The fourth-order valence-corrected chi connectivity index (χ4v) is 4.86. The zero-order chi connectivity index (χ0) is 23.9. The van der Waals surface area contributed by atoms with Crippen molar-refractivity contribution in [1.82, 2.24) is 19.7 Å². The summed E-state index contributed by atoms with van der Waals surface area (Å²) in [7, 11) is 0. The van der Waals surface area contributed by atoms with E-state index in [0.29, 0.717) is 22.1 Å². The number of benzene rings is 3. The van der Waals surface area contributed by atoms with E-state index in [1.807, 2.05) is 34.9 Å². The second-order valence-electron chi connectivity index (χ2n) is 9.16. The van der Waals surface area contributed by atoms with Gasteiger partial charge < -0.3 is 0 Å². The molecule has 2 heterocycles. The zero-order valence-electron chi connectivity index (χ0n) is 19.2. The number of carbonyl (C=O) groups is 2. The van der Waals surface area contributed by atoms with Crippen LogP contribution in [-0.2, 0) is 5.41 Å². The van der Waals surface area contributed by atoms with Gasteiger partial charge in [0.05, 0.1) is 17.0 Å². The number of hydrogen-bond acceptors (Lipinski definition) is 5. The highest BCUT2D eigenvalue weighted by Crippen LogP contribution is 2.32. The average Bonchev–Trinajstić information content (AvgIpc) is 3.37. The van der Waals surface area contributed by atoms with E-state index in [9.17, 15) is 9.59 Å². The van der Waals surface area contributed by atoms with Gasteiger partial charge in [0.1, 0.15) is 0 Å². The van der Waals surface area contributed by atoms with Crippen LogP contribution in [0.2, 0.25) is 0 Å². The van der Waals surface area contributed by atoms with Crippen LogP contribution in [0, 0.1) is 0 Å². The van der Waals surface area contributed by atoms with E-state index in [1.165, 1.54) is 22.2 Å². The van der Waals surface area contributed by atoms with Crippen LogP contribution >= 0.6 is 11.8 Å². The predicted molar refractivity (Wildman–Crippen MR) is 133 cm³/mol. The van der Waals surface area contributed by atoms with Gasteiger partial charge in [-0.3, -0.25) is 19.1 Å². The van der Waals surface area contributed by atoms with Gasteiger partial charge in [-0.1, -0.05) is 87.1 Å². The molecule has 7 heteroatoms. The van der Waals surface area contributed by atoms with Crippen molar-refractivity contribution in [2.75, 3.05) is 5.88 Å². The molecule has 1 aliphatic rings. The topological polar surface area (TPSA) is 68.1 Å². The lowest BCUT2D eigenvalue weighted by atomic mass is 9.87. The van der Waals surface area contributed by atoms with Crippen molar-refractivity contribution in [1.29, 1.82) is 0 Å². The van der Waals surface area contributed by atoms with Crippen LogP contribution in [0.4, 0.5) is 0 Å². The Kier molecular flexibility index (Phi) is 5.57. The van der Waals surface area contributed by atoms with Gasteiger partial charge in [0.15, 0.2) is 11.0 Å². The Hall–Kier alpha value is -3.71. The second kappa shape index (κ2) is 8.57. The number of aromatic nitrogens is 3. The fourth-order valence-electron chi connectivity index (χ4n) is 3.96. The van der Waals surface area contributed by atoms with Gasteiger partial charge in [0, 0.05) is 11.3 Å². The molecule has 0 atom stereocenters. The van der Waals surface area contributed by atoms with Crippen molar-refractivity contribution in [3.63, 3.8) is 0 Å². The van der Waals surface area contributed by atoms with Gasteiger partial charge in [0.2, 0.25) is 0 Å². The molecule has 5 rings (SSSR count). The van der Waals surface area contributed by atoms with Crippen LogP contribution in [0.15, 0.2) is 84.0 Å². The Morgan fingerprint density at radius 2 is 1.35 bits per heavy atom. The largest absolute Gasteiger partial charge is 0.270 e.